The van der Waals surface area contributed by atoms with Gasteiger partial charge in [0.15, 0.2) is 11.6 Å². The number of furan rings is 1. The summed E-state index contributed by atoms with van der Waals surface area (Å²) in [7, 11) is 0. The van der Waals surface area contributed by atoms with Gasteiger partial charge in [-0.1, -0.05) is 12.5 Å². The Morgan fingerprint density at radius 2 is 2.03 bits per heavy atom. The number of aliphatic imine (C=N–C) groups is 1. The third-order valence-corrected chi connectivity index (χ3v) is 5.72. The standard InChI is InChI=1S/C23H33N7O/c1-2-24-23(25-13-8-12-22-28-27-21-11-4-7-16-30(21)22)26-18-19(20-10-9-17-31-20)29-14-5-3-6-15-29/h4,7,9-11,16-17,19H,2-3,5-6,8,12-15,18H2,1H3,(H2,24,25,26). The van der Waals surface area contributed by atoms with Crippen molar-refractivity contribution in [2.75, 3.05) is 32.7 Å². The quantitative estimate of drug-likeness (QED) is 0.313. The molecule has 4 rings (SSSR count). The molecule has 0 saturated carbocycles. The van der Waals surface area contributed by atoms with Gasteiger partial charge in [-0.15, -0.1) is 10.2 Å². The number of nitrogens with zero attached hydrogens (tertiary/aromatic N) is 5. The molecule has 4 heterocycles. The number of rotatable bonds is 9. The Labute approximate surface area is 183 Å². The first-order chi connectivity index (χ1) is 15.3. The number of nitrogens with one attached hydrogen (secondary N) is 2. The molecule has 0 radical (unpaired) electrons. The van der Waals surface area contributed by atoms with Crippen molar-refractivity contribution in [2.24, 2.45) is 4.99 Å². The number of likely N-dealkylation sites (tertiary alicyclic amines) is 1. The number of piperidine rings is 1. The van der Waals surface area contributed by atoms with Crippen LogP contribution < -0.4 is 10.6 Å². The second kappa shape index (κ2) is 10.9. The van der Waals surface area contributed by atoms with E-state index in [9.17, 15) is 0 Å². The summed E-state index contributed by atoms with van der Waals surface area (Å²) in [5.41, 5.74) is 0.891. The first-order valence-corrected chi connectivity index (χ1v) is 11.4. The Balaban J connectivity index is 1.33. The molecule has 0 spiro atoms. The number of fused-ring (bicyclic) bond motifs is 1. The Kier molecular flexibility index (Phi) is 7.55. The van der Waals surface area contributed by atoms with Gasteiger partial charge in [-0.3, -0.25) is 14.3 Å². The van der Waals surface area contributed by atoms with Crippen molar-refractivity contribution in [1.82, 2.24) is 30.1 Å². The lowest BCUT2D eigenvalue weighted by Crippen LogP contribution is -2.40. The zero-order valence-electron chi connectivity index (χ0n) is 18.3. The molecule has 1 aliphatic rings. The second-order valence-corrected chi connectivity index (χ2v) is 7.92. The van der Waals surface area contributed by atoms with E-state index >= 15 is 0 Å². The van der Waals surface area contributed by atoms with E-state index in [1.54, 1.807) is 6.26 Å². The molecule has 3 aromatic heterocycles. The Morgan fingerprint density at radius 3 is 2.84 bits per heavy atom. The van der Waals surface area contributed by atoms with E-state index in [4.69, 9.17) is 9.41 Å². The van der Waals surface area contributed by atoms with Crippen molar-refractivity contribution in [3.63, 3.8) is 0 Å². The number of aromatic nitrogens is 3. The zero-order valence-corrected chi connectivity index (χ0v) is 18.3. The minimum atomic E-state index is 0.188. The summed E-state index contributed by atoms with van der Waals surface area (Å²) in [6.45, 7) is 6.64. The minimum Gasteiger partial charge on any atom is -0.468 e. The Hall–Kier alpha value is -2.87. The van der Waals surface area contributed by atoms with E-state index in [-0.39, 0.29) is 6.04 Å². The number of pyridine rings is 1. The maximum absolute atomic E-state index is 5.75. The average Bonchev–Trinajstić information content (AvgIpc) is 3.48. The molecular weight excluding hydrogens is 390 g/mol. The molecule has 1 atom stereocenters. The van der Waals surface area contributed by atoms with Gasteiger partial charge in [0.2, 0.25) is 0 Å². The number of hydrogen-bond acceptors (Lipinski definition) is 5. The lowest BCUT2D eigenvalue weighted by Gasteiger charge is -2.32. The Bertz CT molecular complexity index is 944. The third-order valence-electron chi connectivity index (χ3n) is 5.72. The van der Waals surface area contributed by atoms with E-state index in [1.807, 2.05) is 34.9 Å². The first-order valence-electron chi connectivity index (χ1n) is 11.4. The van der Waals surface area contributed by atoms with Gasteiger partial charge >= 0.3 is 0 Å². The fourth-order valence-electron chi connectivity index (χ4n) is 4.13. The molecule has 8 nitrogen and oxygen atoms in total. The van der Waals surface area contributed by atoms with Crippen LogP contribution in [-0.4, -0.2) is 58.2 Å². The molecule has 1 fully saturated rings. The van der Waals surface area contributed by atoms with Gasteiger partial charge in [-0.2, -0.15) is 0 Å². The van der Waals surface area contributed by atoms with Crippen molar-refractivity contribution < 1.29 is 4.42 Å². The van der Waals surface area contributed by atoms with Crippen LogP contribution in [0.1, 0.15) is 50.2 Å². The maximum Gasteiger partial charge on any atom is 0.191 e. The molecule has 0 aromatic carbocycles. The molecule has 2 N–H and O–H groups in total. The second-order valence-electron chi connectivity index (χ2n) is 7.92. The van der Waals surface area contributed by atoms with Crippen molar-refractivity contribution in [1.29, 1.82) is 0 Å². The fourth-order valence-corrected chi connectivity index (χ4v) is 4.13. The monoisotopic (exact) mass is 423 g/mol. The van der Waals surface area contributed by atoms with Gasteiger partial charge in [0, 0.05) is 25.7 Å². The summed E-state index contributed by atoms with van der Waals surface area (Å²) in [6.07, 6.45) is 9.39. The van der Waals surface area contributed by atoms with Crippen LogP contribution in [0, 0.1) is 0 Å². The van der Waals surface area contributed by atoms with Gasteiger partial charge in [0.25, 0.3) is 0 Å². The molecule has 1 aliphatic heterocycles. The van der Waals surface area contributed by atoms with Gasteiger partial charge < -0.3 is 15.1 Å². The molecule has 166 valence electrons. The fraction of sp³-hybridized carbons (Fsp3) is 0.522. The zero-order chi connectivity index (χ0) is 21.3. The van der Waals surface area contributed by atoms with Gasteiger partial charge in [0.1, 0.15) is 11.6 Å². The SMILES string of the molecule is CCNC(=NCC(c1ccco1)N1CCCCC1)NCCCc1nnc2ccccn12. The van der Waals surface area contributed by atoms with Crippen molar-refractivity contribution in [2.45, 2.75) is 45.1 Å². The molecule has 0 bridgehead atoms. The van der Waals surface area contributed by atoms with Crippen LogP contribution in [0.3, 0.4) is 0 Å². The summed E-state index contributed by atoms with van der Waals surface area (Å²) in [6, 6.07) is 10.2. The van der Waals surface area contributed by atoms with E-state index in [0.717, 1.165) is 62.2 Å². The molecule has 8 heteroatoms. The van der Waals surface area contributed by atoms with Crippen LogP contribution >= 0.6 is 0 Å². The molecule has 0 aliphatic carbocycles. The normalized spacial score (nSPS) is 16.5. The first kappa shape index (κ1) is 21.4. The Morgan fingerprint density at radius 1 is 1.13 bits per heavy atom. The molecule has 1 unspecified atom stereocenters. The number of hydrogen-bond donors (Lipinski definition) is 2. The van der Waals surface area contributed by atoms with Crippen molar-refractivity contribution >= 4 is 11.6 Å². The molecule has 3 aromatic rings. The van der Waals surface area contributed by atoms with Crippen LogP contribution in [0.5, 0.6) is 0 Å². The molecular formula is C23H33N7O. The summed E-state index contributed by atoms with van der Waals surface area (Å²) in [4.78, 5) is 7.39. The maximum atomic E-state index is 5.75. The predicted molar refractivity (Wildman–Crippen MR) is 122 cm³/mol. The smallest absolute Gasteiger partial charge is 0.191 e. The highest BCUT2D eigenvalue weighted by atomic mass is 16.3. The third kappa shape index (κ3) is 5.64. The highest BCUT2D eigenvalue weighted by Crippen LogP contribution is 2.25. The van der Waals surface area contributed by atoms with Gasteiger partial charge in [-0.25, -0.2) is 0 Å². The highest BCUT2D eigenvalue weighted by Gasteiger charge is 2.24. The van der Waals surface area contributed by atoms with Crippen molar-refractivity contribution in [3.8, 4) is 0 Å². The predicted octanol–water partition coefficient (Wildman–Crippen LogP) is 3.04. The van der Waals surface area contributed by atoms with Crippen LogP contribution in [0.15, 0.2) is 52.2 Å². The topological polar surface area (TPSA) is 83.0 Å². The van der Waals surface area contributed by atoms with Crippen LogP contribution in [-0.2, 0) is 6.42 Å². The lowest BCUT2D eigenvalue weighted by atomic mass is 10.1. The highest BCUT2D eigenvalue weighted by molar-refractivity contribution is 5.79. The van der Waals surface area contributed by atoms with Gasteiger partial charge in [-0.05, 0) is 63.5 Å². The largest absolute Gasteiger partial charge is 0.468 e. The van der Waals surface area contributed by atoms with Gasteiger partial charge in [0.05, 0.1) is 18.8 Å². The van der Waals surface area contributed by atoms with Crippen LogP contribution in [0.4, 0.5) is 0 Å². The number of aryl methyl sites for hydroxylation is 1. The molecule has 1 saturated heterocycles. The van der Waals surface area contributed by atoms with Crippen LogP contribution in [0.25, 0.3) is 5.65 Å². The van der Waals surface area contributed by atoms with E-state index in [2.05, 4.69) is 38.7 Å². The minimum absolute atomic E-state index is 0.188. The summed E-state index contributed by atoms with van der Waals surface area (Å²) in [5, 5.41) is 15.4. The van der Waals surface area contributed by atoms with Crippen molar-refractivity contribution in [3.05, 3.63) is 54.4 Å². The molecule has 31 heavy (non-hydrogen) atoms. The van der Waals surface area contributed by atoms with Crippen LogP contribution in [0.2, 0.25) is 0 Å². The van der Waals surface area contributed by atoms with E-state index < -0.39 is 0 Å². The van der Waals surface area contributed by atoms with E-state index in [1.165, 1.54) is 19.3 Å². The van der Waals surface area contributed by atoms with E-state index in [0.29, 0.717) is 6.54 Å². The summed E-state index contributed by atoms with van der Waals surface area (Å²) in [5.74, 6) is 2.84. The molecule has 0 amide bonds. The number of guanidine groups is 1. The summed E-state index contributed by atoms with van der Waals surface area (Å²) >= 11 is 0. The average molecular weight is 424 g/mol. The summed E-state index contributed by atoms with van der Waals surface area (Å²) < 4.78 is 7.80. The lowest BCUT2D eigenvalue weighted by molar-refractivity contribution is 0.150.